The molecule has 3 unspecified atom stereocenters. The lowest BCUT2D eigenvalue weighted by Gasteiger charge is -2.24. The highest BCUT2D eigenvalue weighted by Crippen LogP contribution is 2.18. The minimum atomic E-state index is -0.801. The molecule has 0 aromatic rings. The highest BCUT2D eigenvalue weighted by molar-refractivity contribution is 5.77. The van der Waals surface area contributed by atoms with Gasteiger partial charge in [-0.2, -0.15) is 0 Å². The summed E-state index contributed by atoms with van der Waals surface area (Å²) in [7, 11) is 0. The lowest BCUT2D eigenvalue weighted by Crippen LogP contribution is -2.46. The van der Waals surface area contributed by atoms with Crippen LogP contribution >= 0.6 is 0 Å². The van der Waals surface area contributed by atoms with Crippen molar-refractivity contribution in [3.05, 3.63) is 72.9 Å². The quantitative estimate of drug-likeness (QED) is 0.0321. The Bertz CT molecular complexity index is 1200. The number of hydrogen-bond donors (Lipinski definition) is 3. The minimum Gasteiger partial charge on any atom is -0.462 e. The number of hydrogen-bond acceptors (Lipinski definition) is 5. The topological polar surface area (TPSA) is 95.9 Å². The van der Waals surface area contributed by atoms with Crippen molar-refractivity contribution < 1.29 is 24.5 Å². The van der Waals surface area contributed by atoms with Gasteiger partial charge in [0.05, 0.1) is 25.2 Å². The van der Waals surface area contributed by atoms with Crippen LogP contribution in [-0.4, -0.2) is 46.9 Å². The molecule has 0 rings (SSSR count). The summed E-state index contributed by atoms with van der Waals surface area (Å²) in [6.07, 6.45) is 66.8. The van der Waals surface area contributed by atoms with Gasteiger partial charge in [-0.05, 0) is 64.2 Å². The summed E-state index contributed by atoms with van der Waals surface area (Å²) < 4.78 is 5.91. The van der Waals surface area contributed by atoms with Crippen molar-refractivity contribution in [2.75, 3.05) is 6.61 Å². The maximum atomic E-state index is 13.2. The molecule has 0 aliphatic heterocycles. The summed E-state index contributed by atoms with van der Waals surface area (Å²) in [6, 6.07) is -0.717. The Balaban J connectivity index is 4.65. The second kappa shape index (κ2) is 52.3. The normalized spacial score (nSPS) is 13.7. The maximum absolute atomic E-state index is 13.2. The first kappa shape index (κ1) is 62.3. The monoisotopic (exact) mass is 908 g/mol. The smallest absolute Gasteiger partial charge is 0.306 e. The standard InChI is InChI=1S/C59H105NO5/c1-4-7-10-13-16-19-22-25-27-28-29-30-31-34-37-40-43-46-49-52-59(64)65-55(50-47-44-41-38-35-32-24-21-18-15-12-9-6-3)53-58(63)60-56(54-61)57(62)51-48-45-42-39-36-33-26-23-20-17-14-11-8-5-2/h7,10,16,19,25,27,29-30,34,37,43,46,55-57,61-62H,4-6,8-9,11-15,17-18,20-24,26,28,31-33,35-36,38-42,44-45,47-54H2,1-3H3,(H,60,63)/b10-7-,19-16-,27-25-,30-29-,37-34-,46-43-. The van der Waals surface area contributed by atoms with Gasteiger partial charge in [-0.25, -0.2) is 0 Å². The number of aliphatic hydroxyl groups excluding tert-OH is 2. The zero-order valence-electron chi connectivity index (χ0n) is 42.9. The largest absolute Gasteiger partial charge is 0.462 e. The summed E-state index contributed by atoms with van der Waals surface area (Å²) in [5.74, 6) is -0.568. The molecule has 0 spiro atoms. The fourth-order valence-electron chi connectivity index (χ4n) is 8.16. The van der Waals surface area contributed by atoms with Crippen molar-refractivity contribution in [1.29, 1.82) is 0 Å². The third-order valence-electron chi connectivity index (χ3n) is 12.3. The predicted octanol–water partition coefficient (Wildman–Crippen LogP) is 17.0. The van der Waals surface area contributed by atoms with Gasteiger partial charge in [0.15, 0.2) is 0 Å². The molecule has 0 saturated heterocycles. The van der Waals surface area contributed by atoms with Crippen LogP contribution in [0.2, 0.25) is 0 Å². The van der Waals surface area contributed by atoms with E-state index in [1.807, 2.05) is 6.08 Å². The molecule has 65 heavy (non-hydrogen) atoms. The molecular weight excluding hydrogens is 803 g/mol. The first-order valence-electron chi connectivity index (χ1n) is 27.7. The SMILES string of the molecule is CC/C=C\C/C=C\C/C=C\C/C=C\C/C=C\C/C=C\CCC(=O)OC(CCCCCCCCCCCCCCC)CC(=O)NC(CO)C(O)CCCCCCCCCCCCCCCC. The number of esters is 1. The average Bonchev–Trinajstić information content (AvgIpc) is 3.30. The highest BCUT2D eigenvalue weighted by atomic mass is 16.5. The number of rotatable bonds is 49. The van der Waals surface area contributed by atoms with E-state index in [-0.39, 0.29) is 31.3 Å². The van der Waals surface area contributed by atoms with Crippen molar-refractivity contribution in [2.24, 2.45) is 0 Å². The lowest BCUT2D eigenvalue weighted by molar-refractivity contribution is -0.150. The van der Waals surface area contributed by atoms with Crippen molar-refractivity contribution in [3.8, 4) is 0 Å². The van der Waals surface area contributed by atoms with E-state index in [9.17, 15) is 19.8 Å². The van der Waals surface area contributed by atoms with Crippen LogP contribution in [0, 0.1) is 0 Å². The van der Waals surface area contributed by atoms with E-state index in [2.05, 4.69) is 92.9 Å². The van der Waals surface area contributed by atoms with Crippen molar-refractivity contribution >= 4 is 11.9 Å². The van der Waals surface area contributed by atoms with Crippen LogP contribution in [0.4, 0.5) is 0 Å². The summed E-state index contributed by atoms with van der Waals surface area (Å²) in [5, 5.41) is 23.8. The molecule has 6 nitrogen and oxygen atoms in total. The average molecular weight is 908 g/mol. The molecule has 0 radical (unpaired) electrons. The van der Waals surface area contributed by atoms with E-state index < -0.39 is 18.2 Å². The third-order valence-corrected chi connectivity index (χ3v) is 12.3. The third kappa shape index (κ3) is 47.6. The van der Waals surface area contributed by atoms with Gasteiger partial charge in [-0.3, -0.25) is 9.59 Å². The maximum Gasteiger partial charge on any atom is 0.306 e. The van der Waals surface area contributed by atoms with Gasteiger partial charge >= 0.3 is 5.97 Å². The van der Waals surface area contributed by atoms with Crippen LogP contribution in [0.3, 0.4) is 0 Å². The number of carbonyl (C=O) groups is 2. The van der Waals surface area contributed by atoms with E-state index in [0.29, 0.717) is 19.3 Å². The molecule has 0 heterocycles. The zero-order chi connectivity index (χ0) is 47.4. The zero-order valence-corrected chi connectivity index (χ0v) is 42.9. The first-order chi connectivity index (χ1) is 32.0. The van der Waals surface area contributed by atoms with Gasteiger partial charge in [0, 0.05) is 6.42 Å². The molecular formula is C59H105NO5. The Morgan fingerprint density at radius 2 is 0.800 bits per heavy atom. The van der Waals surface area contributed by atoms with Crippen molar-refractivity contribution in [3.63, 3.8) is 0 Å². The summed E-state index contributed by atoms with van der Waals surface area (Å²) in [6.45, 7) is 6.37. The predicted molar refractivity (Wildman–Crippen MR) is 282 cm³/mol. The molecule has 0 aliphatic rings. The molecule has 0 aromatic carbocycles. The van der Waals surface area contributed by atoms with E-state index in [4.69, 9.17) is 4.74 Å². The number of carbonyl (C=O) groups excluding carboxylic acids is 2. The minimum absolute atomic E-state index is 0.0476. The number of allylic oxidation sites excluding steroid dienone is 12. The fraction of sp³-hybridized carbons (Fsp3) is 0.763. The van der Waals surface area contributed by atoms with E-state index in [1.54, 1.807) is 0 Å². The fourth-order valence-corrected chi connectivity index (χ4v) is 8.16. The number of nitrogens with one attached hydrogen (secondary N) is 1. The van der Waals surface area contributed by atoms with Crippen LogP contribution in [0.1, 0.15) is 265 Å². The number of ether oxygens (including phenoxy) is 1. The second-order valence-corrected chi connectivity index (χ2v) is 18.6. The highest BCUT2D eigenvalue weighted by Gasteiger charge is 2.24. The molecule has 1 amide bonds. The molecule has 3 N–H and O–H groups in total. The summed E-state index contributed by atoms with van der Waals surface area (Å²) in [5.41, 5.74) is 0. The molecule has 0 aliphatic carbocycles. The van der Waals surface area contributed by atoms with Crippen LogP contribution < -0.4 is 5.32 Å². The van der Waals surface area contributed by atoms with Gasteiger partial charge in [0.25, 0.3) is 0 Å². The molecule has 0 bridgehead atoms. The first-order valence-corrected chi connectivity index (χ1v) is 27.7. The molecule has 3 atom stereocenters. The van der Waals surface area contributed by atoms with Crippen LogP contribution in [0.25, 0.3) is 0 Å². The second-order valence-electron chi connectivity index (χ2n) is 18.6. The van der Waals surface area contributed by atoms with Crippen molar-refractivity contribution in [2.45, 2.75) is 283 Å². The Kier molecular flexibility index (Phi) is 50.1. The summed E-state index contributed by atoms with van der Waals surface area (Å²) >= 11 is 0. The number of aliphatic hydroxyl groups is 2. The molecule has 6 heteroatoms. The van der Waals surface area contributed by atoms with E-state index >= 15 is 0 Å². The van der Waals surface area contributed by atoms with Gasteiger partial charge in [-0.15, -0.1) is 0 Å². The number of amides is 1. The van der Waals surface area contributed by atoms with Crippen LogP contribution in [0.5, 0.6) is 0 Å². The Morgan fingerprint density at radius 1 is 0.462 bits per heavy atom. The van der Waals surface area contributed by atoms with E-state index in [1.165, 1.54) is 135 Å². The molecule has 376 valence electrons. The Morgan fingerprint density at radius 3 is 1.17 bits per heavy atom. The molecule has 0 fully saturated rings. The van der Waals surface area contributed by atoms with Crippen molar-refractivity contribution in [1.82, 2.24) is 5.32 Å². The molecule has 0 saturated carbocycles. The number of unbranched alkanes of at least 4 members (excludes halogenated alkanes) is 25. The van der Waals surface area contributed by atoms with Crippen LogP contribution in [-0.2, 0) is 14.3 Å². The Labute approximate surface area is 402 Å². The van der Waals surface area contributed by atoms with Gasteiger partial charge in [-0.1, -0.05) is 261 Å². The lowest BCUT2D eigenvalue weighted by atomic mass is 10.0. The van der Waals surface area contributed by atoms with Gasteiger partial charge in [0.2, 0.25) is 5.91 Å². The summed E-state index contributed by atoms with van der Waals surface area (Å²) in [4.78, 5) is 26.2. The Hall–Kier alpha value is -2.70. The molecule has 0 aromatic heterocycles. The van der Waals surface area contributed by atoms with E-state index in [0.717, 1.165) is 77.0 Å². The van der Waals surface area contributed by atoms with Gasteiger partial charge in [0.1, 0.15) is 6.10 Å². The van der Waals surface area contributed by atoms with Gasteiger partial charge < -0.3 is 20.3 Å². The van der Waals surface area contributed by atoms with Crippen LogP contribution in [0.15, 0.2) is 72.9 Å².